The molecule has 94 valence electrons. The molecule has 0 spiro atoms. The molecular formula is C9H11NO6S. The van der Waals surface area contributed by atoms with Gasteiger partial charge in [0.05, 0.1) is 11.8 Å². The van der Waals surface area contributed by atoms with E-state index in [0.29, 0.717) is 11.8 Å². The fourth-order valence-electron chi connectivity index (χ4n) is 0.725. The van der Waals surface area contributed by atoms with Crippen molar-refractivity contribution in [3.63, 3.8) is 0 Å². The van der Waals surface area contributed by atoms with Crippen LogP contribution in [0.4, 0.5) is 4.79 Å². The predicted octanol–water partition coefficient (Wildman–Crippen LogP) is 0.426. The van der Waals surface area contributed by atoms with E-state index in [2.05, 4.69) is 10.5 Å². The molecule has 8 heteroatoms. The molecule has 1 rings (SSSR count). The van der Waals surface area contributed by atoms with Gasteiger partial charge in [-0.15, -0.1) is 0 Å². The first-order chi connectivity index (χ1) is 7.70. The van der Waals surface area contributed by atoms with Crippen molar-refractivity contribution in [1.29, 1.82) is 0 Å². The molecule has 0 fully saturated rings. The van der Waals surface area contributed by atoms with Gasteiger partial charge in [0, 0.05) is 0 Å². The number of esters is 1. The highest BCUT2D eigenvalue weighted by molar-refractivity contribution is 7.85. The number of ether oxygens (including phenoxy) is 1. The first-order valence-corrected chi connectivity index (χ1v) is 6.04. The predicted molar refractivity (Wildman–Crippen MR) is 58.9 cm³/mol. The lowest BCUT2D eigenvalue weighted by Gasteiger charge is -1.97. The van der Waals surface area contributed by atoms with Crippen molar-refractivity contribution in [2.75, 3.05) is 6.26 Å². The maximum Gasteiger partial charge on any atom is 0.412 e. The minimum absolute atomic E-state index is 0.302. The van der Waals surface area contributed by atoms with Crippen molar-refractivity contribution in [2.24, 2.45) is 5.73 Å². The average molecular weight is 261 g/mol. The summed E-state index contributed by atoms with van der Waals surface area (Å²) < 4.78 is 30.0. The van der Waals surface area contributed by atoms with E-state index in [1.54, 1.807) is 18.2 Å². The summed E-state index contributed by atoms with van der Waals surface area (Å²) in [6.07, 6.45) is -0.378. The van der Waals surface area contributed by atoms with Crippen LogP contribution in [-0.2, 0) is 14.9 Å². The van der Waals surface area contributed by atoms with Crippen LogP contribution in [-0.4, -0.2) is 31.3 Å². The maximum absolute atomic E-state index is 10.9. The molecule has 0 radical (unpaired) electrons. The molecule has 0 aliphatic carbocycles. The van der Waals surface area contributed by atoms with Crippen LogP contribution < -0.4 is 5.73 Å². The number of primary amides is 1. The molecule has 3 N–H and O–H groups in total. The minimum atomic E-state index is -3.67. The normalized spacial score (nSPS) is 9.76. The van der Waals surface area contributed by atoms with E-state index in [9.17, 15) is 18.0 Å². The number of rotatable bonds is 1. The van der Waals surface area contributed by atoms with Gasteiger partial charge in [0.2, 0.25) is 0 Å². The zero-order valence-corrected chi connectivity index (χ0v) is 9.68. The number of carbonyl (C=O) groups is 2. The van der Waals surface area contributed by atoms with Gasteiger partial charge in [-0.3, -0.25) is 4.55 Å². The summed E-state index contributed by atoms with van der Waals surface area (Å²) in [4.78, 5) is 21.1. The number of amides is 1. The largest absolute Gasteiger partial charge is 0.412 e. The molecule has 0 bridgehead atoms. The van der Waals surface area contributed by atoms with Gasteiger partial charge in [0.25, 0.3) is 10.1 Å². The number of carbonyl (C=O) groups excluding carboxylic acids is 2. The van der Waals surface area contributed by atoms with Gasteiger partial charge in [-0.25, -0.2) is 9.59 Å². The molecule has 1 aromatic rings. The van der Waals surface area contributed by atoms with E-state index < -0.39 is 22.2 Å². The maximum atomic E-state index is 10.9. The highest BCUT2D eigenvalue weighted by Crippen LogP contribution is 2.00. The van der Waals surface area contributed by atoms with Crippen molar-refractivity contribution in [1.82, 2.24) is 0 Å². The molecule has 0 saturated heterocycles. The van der Waals surface area contributed by atoms with Crippen LogP contribution in [0.2, 0.25) is 0 Å². The number of nitrogens with two attached hydrogens (primary N) is 1. The monoisotopic (exact) mass is 261 g/mol. The zero-order valence-electron chi connectivity index (χ0n) is 8.86. The van der Waals surface area contributed by atoms with Crippen LogP contribution in [0.5, 0.6) is 0 Å². The van der Waals surface area contributed by atoms with Crippen LogP contribution in [0.1, 0.15) is 10.4 Å². The Labute approximate surface area is 97.9 Å². The Morgan fingerprint density at radius 2 is 1.65 bits per heavy atom. The lowest BCUT2D eigenvalue weighted by atomic mass is 10.2. The highest BCUT2D eigenvalue weighted by atomic mass is 32.2. The SMILES string of the molecule is CS(=O)(=O)O.NC(=O)OC(=O)c1ccccc1. The van der Waals surface area contributed by atoms with Gasteiger partial charge in [0.1, 0.15) is 0 Å². The Hall–Kier alpha value is -1.93. The van der Waals surface area contributed by atoms with E-state index >= 15 is 0 Å². The van der Waals surface area contributed by atoms with E-state index in [4.69, 9.17) is 4.55 Å². The Morgan fingerprint density at radius 3 is 2.00 bits per heavy atom. The fourth-order valence-corrected chi connectivity index (χ4v) is 0.725. The third-order valence-electron chi connectivity index (χ3n) is 1.20. The van der Waals surface area contributed by atoms with Gasteiger partial charge >= 0.3 is 12.1 Å². The van der Waals surface area contributed by atoms with Gasteiger partial charge in [-0.05, 0) is 12.1 Å². The lowest BCUT2D eigenvalue weighted by molar-refractivity contribution is 0.0638. The van der Waals surface area contributed by atoms with Crippen molar-refractivity contribution < 1.29 is 27.3 Å². The summed E-state index contributed by atoms with van der Waals surface area (Å²) in [5.74, 6) is -0.733. The van der Waals surface area contributed by atoms with Gasteiger partial charge in [-0.1, -0.05) is 18.2 Å². The van der Waals surface area contributed by atoms with E-state index in [-0.39, 0.29) is 0 Å². The quantitative estimate of drug-likeness (QED) is 0.429. The smallest absolute Gasteiger partial charge is 0.373 e. The third-order valence-corrected chi connectivity index (χ3v) is 1.20. The number of benzene rings is 1. The molecule has 1 amide bonds. The van der Waals surface area contributed by atoms with Gasteiger partial charge in [-0.2, -0.15) is 8.42 Å². The van der Waals surface area contributed by atoms with E-state index in [1.807, 2.05) is 0 Å². The fraction of sp³-hybridized carbons (Fsp3) is 0.111. The van der Waals surface area contributed by atoms with Crippen molar-refractivity contribution in [2.45, 2.75) is 0 Å². The summed E-state index contributed by atoms with van der Waals surface area (Å²) in [6.45, 7) is 0. The Balaban J connectivity index is 0.000000437. The molecule has 7 nitrogen and oxygen atoms in total. The summed E-state index contributed by atoms with van der Waals surface area (Å²) in [5.41, 5.74) is 4.95. The summed E-state index contributed by atoms with van der Waals surface area (Å²) in [6, 6.07) is 8.15. The summed E-state index contributed by atoms with van der Waals surface area (Å²) in [5, 5.41) is 0. The Morgan fingerprint density at radius 1 is 1.24 bits per heavy atom. The van der Waals surface area contributed by atoms with Crippen LogP contribution in [0, 0.1) is 0 Å². The van der Waals surface area contributed by atoms with E-state index in [0.717, 1.165) is 0 Å². The highest BCUT2D eigenvalue weighted by Gasteiger charge is 2.08. The molecule has 17 heavy (non-hydrogen) atoms. The molecular weight excluding hydrogens is 250 g/mol. The van der Waals surface area contributed by atoms with Gasteiger partial charge < -0.3 is 10.5 Å². The van der Waals surface area contributed by atoms with Gasteiger partial charge in [0.15, 0.2) is 0 Å². The van der Waals surface area contributed by atoms with Crippen LogP contribution >= 0.6 is 0 Å². The first-order valence-electron chi connectivity index (χ1n) is 4.19. The van der Waals surface area contributed by atoms with Crippen molar-refractivity contribution in [3.8, 4) is 0 Å². The average Bonchev–Trinajstić information content (AvgIpc) is 2.15. The number of hydrogen-bond acceptors (Lipinski definition) is 5. The topological polar surface area (TPSA) is 124 Å². The molecule has 0 aromatic heterocycles. The standard InChI is InChI=1S/C8H7NO3.CH4O3S/c9-8(11)12-7(10)6-4-2-1-3-5-6;1-5(2,3)4/h1-5H,(H2,9,11);1H3,(H,2,3,4). The zero-order chi connectivity index (χ0) is 13.5. The molecule has 0 atom stereocenters. The molecule has 0 heterocycles. The second kappa shape index (κ2) is 6.61. The van der Waals surface area contributed by atoms with Crippen LogP contribution in [0.3, 0.4) is 0 Å². The van der Waals surface area contributed by atoms with E-state index in [1.165, 1.54) is 12.1 Å². The summed E-state index contributed by atoms with van der Waals surface area (Å²) in [7, 11) is -3.67. The molecule has 0 aliphatic heterocycles. The Kier molecular flexibility index (Phi) is 5.86. The first kappa shape index (κ1) is 15.1. The minimum Gasteiger partial charge on any atom is -0.373 e. The third kappa shape index (κ3) is 10.4. The molecule has 0 aliphatic rings. The van der Waals surface area contributed by atoms with Crippen LogP contribution in [0.15, 0.2) is 30.3 Å². The lowest BCUT2D eigenvalue weighted by Crippen LogP contribution is -2.18. The van der Waals surface area contributed by atoms with Crippen molar-refractivity contribution in [3.05, 3.63) is 35.9 Å². The molecule has 1 aromatic carbocycles. The second-order valence-electron chi connectivity index (χ2n) is 2.81. The molecule has 0 saturated carbocycles. The van der Waals surface area contributed by atoms with Crippen LogP contribution in [0.25, 0.3) is 0 Å². The van der Waals surface area contributed by atoms with Crippen molar-refractivity contribution >= 4 is 22.2 Å². The molecule has 0 unspecified atom stereocenters. The number of hydrogen-bond donors (Lipinski definition) is 2. The Bertz CT molecular complexity index is 473. The summed E-state index contributed by atoms with van der Waals surface area (Å²) >= 11 is 0. The second-order valence-corrected chi connectivity index (χ2v) is 4.27.